The quantitative estimate of drug-likeness (QED) is 0.670. The van der Waals surface area contributed by atoms with Gasteiger partial charge in [0.25, 0.3) is 5.91 Å². The van der Waals surface area contributed by atoms with Crippen LogP contribution in [0.2, 0.25) is 0 Å². The first kappa shape index (κ1) is 19.4. The molecule has 0 bridgehead atoms. The summed E-state index contributed by atoms with van der Waals surface area (Å²) in [4.78, 5) is 15.0. The summed E-state index contributed by atoms with van der Waals surface area (Å²) in [6, 6.07) is 20.2. The highest BCUT2D eigenvalue weighted by Crippen LogP contribution is 2.20. The van der Waals surface area contributed by atoms with Crippen LogP contribution >= 0.6 is 0 Å². The number of piperidine rings is 1. The number of nitrogens with zero attached hydrogens (tertiary/aromatic N) is 2. The number of hydrogen-bond acceptors (Lipinski definition) is 3. The van der Waals surface area contributed by atoms with E-state index in [1.807, 2.05) is 49.4 Å². The van der Waals surface area contributed by atoms with Crippen LogP contribution in [0.1, 0.15) is 34.6 Å². The molecular formula is C24H28N4O. The zero-order chi connectivity index (χ0) is 20.1. The first-order chi connectivity index (χ1) is 14.2. The Morgan fingerprint density at radius 2 is 1.90 bits per heavy atom. The van der Waals surface area contributed by atoms with Gasteiger partial charge in [0.15, 0.2) is 0 Å². The zero-order valence-electron chi connectivity index (χ0n) is 16.9. The van der Waals surface area contributed by atoms with Crippen molar-refractivity contribution in [3.05, 3.63) is 77.6 Å². The van der Waals surface area contributed by atoms with Crippen LogP contribution in [0.3, 0.4) is 0 Å². The van der Waals surface area contributed by atoms with E-state index < -0.39 is 0 Å². The standard InChI is InChI=1S/C24H28N4O/c1-18-14-23(27-26-18)17-28-13-5-6-19(16-28)15-25-24(29)22-11-9-21(10-12-22)20-7-3-2-4-8-20/h2-4,7-12,14,19H,5-6,13,15-17H2,1H3,(H,25,29)(H,26,27). The Balaban J connectivity index is 1.28. The van der Waals surface area contributed by atoms with Crippen molar-refractivity contribution in [2.75, 3.05) is 19.6 Å². The number of aromatic nitrogens is 2. The van der Waals surface area contributed by atoms with Gasteiger partial charge in [-0.1, -0.05) is 42.5 Å². The van der Waals surface area contributed by atoms with E-state index in [2.05, 4.69) is 38.6 Å². The molecule has 0 spiro atoms. The van der Waals surface area contributed by atoms with Crippen molar-refractivity contribution >= 4 is 5.91 Å². The topological polar surface area (TPSA) is 61.0 Å². The highest BCUT2D eigenvalue weighted by Gasteiger charge is 2.21. The minimum absolute atomic E-state index is 0.00432. The molecule has 1 fully saturated rings. The second-order valence-corrected chi connectivity index (χ2v) is 7.94. The average Bonchev–Trinajstić information content (AvgIpc) is 3.17. The van der Waals surface area contributed by atoms with E-state index in [0.29, 0.717) is 11.5 Å². The number of aromatic amines is 1. The molecule has 2 heterocycles. The average molecular weight is 389 g/mol. The van der Waals surface area contributed by atoms with E-state index in [1.165, 1.54) is 0 Å². The van der Waals surface area contributed by atoms with Crippen molar-refractivity contribution in [1.82, 2.24) is 20.4 Å². The SMILES string of the molecule is Cc1cc(CN2CCCC(CNC(=O)c3ccc(-c4ccccc4)cc3)C2)n[nH]1. The monoisotopic (exact) mass is 388 g/mol. The minimum Gasteiger partial charge on any atom is -0.352 e. The van der Waals surface area contributed by atoms with E-state index in [4.69, 9.17) is 0 Å². The van der Waals surface area contributed by atoms with Gasteiger partial charge in [-0.15, -0.1) is 0 Å². The van der Waals surface area contributed by atoms with Crippen LogP contribution in [0.4, 0.5) is 0 Å². The molecule has 4 rings (SSSR count). The van der Waals surface area contributed by atoms with Crippen LogP contribution in [-0.4, -0.2) is 40.6 Å². The molecule has 1 unspecified atom stereocenters. The molecule has 0 saturated carbocycles. The van der Waals surface area contributed by atoms with Crippen LogP contribution in [0.25, 0.3) is 11.1 Å². The van der Waals surface area contributed by atoms with Crippen molar-refractivity contribution in [3.63, 3.8) is 0 Å². The van der Waals surface area contributed by atoms with Crippen LogP contribution in [0.15, 0.2) is 60.7 Å². The number of H-pyrrole nitrogens is 1. The maximum Gasteiger partial charge on any atom is 0.251 e. The second-order valence-electron chi connectivity index (χ2n) is 7.94. The predicted molar refractivity (Wildman–Crippen MR) is 116 cm³/mol. The van der Waals surface area contributed by atoms with Gasteiger partial charge in [-0.2, -0.15) is 5.10 Å². The Morgan fingerprint density at radius 1 is 1.14 bits per heavy atom. The largest absolute Gasteiger partial charge is 0.352 e. The van der Waals surface area contributed by atoms with Gasteiger partial charge >= 0.3 is 0 Å². The summed E-state index contributed by atoms with van der Waals surface area (Å²) >= 11 is 0. The number of carbonyl (C=O) groups is 1. The molecule has 5 nitrogen and oxygen atoms in total. The molecule has 1 aliphatic rings. The highest BCUT2D eigenvalue weighted by molar-refractivity contribution is 5.94. The molecule has 1 atom stereocenters. The first-order valence-electron chi connectivity index (χ1n) is 10.3. The van der Waals surface area contributed by atoms with Gasteiger partial charge in [-0.3, -0.25) is 14.8 Å². The summed E-state index contributed by atoms with van der Waals surface area (Å²) in [5, 5.41) is 10.5. The fourth-order valence-electron chi connectivity index (χ4n) is 4.03. The number of carbonyl (C=O) groups excluding carboxylic acids is 1. The summed E-state index contributed by atoms with van der Waals surface area (Å²) in [5.41, 5.74) is 5.18. The van der Waals surface area contributed by atoms with E-state index in [0.717, 1.165) is 61.5 Å². The van der Waals surface area contributed by atoms with E-state index in [1.54, 1.807) is 0 Å². The summed E-state index contributed by atoms with van der Waals surface area (Å²) in [6.45, 7) is 5.71. The normalized spacial score (nSPS) is 17.2. The van der Waals surface area contributed by atoms with Gasteiger partial charge in [0.1, 0.15) is 0 Å². The van der Waals surface area contributed by atoms with Gasteiger partial charge in [0, 0.05) is 30.9 Å². The van der Waals surface area contributed by atoms with Crippen molar-refractivity contribution in [3.8, 4) is 11.1 Å². The maximum absolute atomic E-state index is 12.6. The zero-order valence-corrected chi connectivity index (χ0v) is 16.9. The summed E-state index contributed by atoms with van der Waals surface area (Å²) < 4.78 is 0. The van der Waals surface area contributed by atoms with Gasteiger partial charge in [0.2, 0.25) is 0 Å². The van der Waals surface area contributed by atoms with Crippen molar-refractivity contribution in [2.45, 2.75) is 26.3 Å². The van der Waals surface area contributed by atoms with E-state index >= 15 is 0 Å². The maximum atomic E-state index is 12.6. The number of hydrogen-bond donors (Lipinski definition) is 2. The number of nitrogens with one attached hydrogen (secondary N) is 2. The molecule has 3 aromatic rings. The molecule has 0 aliphatic carbocycles. The molecule has 5 heteroatoms. The third-order valence-corrected chi connectivity index (χ3v) is 5.55. The molecule has 1 saturated heterocycles. The summed E-state index contributed by atoms with van der Waals surface area (Å²) in [6.07, 6.45) is 2.32. The van der Waals surface area contributed by atoms with Gasteiger partial charge in [0.05, 0.1) is 5.69 Å². The summed E-state index contributed by atoms with van der Waals surface area (Å²) in [5.74, 6) is 0.487. The molecule has 29 heavy (non-hydrogen) atoms. The number of rotatable bonds is 6. The Morgan fingerprint density at radius 3 is 2.62 bits per heavy atom. The molecule has 1 aromatic heterocycles. The van der Waals surface area contributed by atoms with E-state index in [9.17, 15) is 4.79 Å². The Kier molecular flexibility index (Phi) is 6.06. The molecule has 150 valence electrons. The van der Waals surface area contributed by atoms with Crippen molar-refractivity contribution < 1.29 is 4.79 Å². The minimum atomic E-state index is 0.00432. The highest BCUT2D eigenvalue weighted by atomic mass is 16.1. The van der Waals surface area contributed by atoms with Gasteiger partial charge in [-0.05, 0) is 61.6 Å². The first-order valence-corrected chi connectivity index (χ1v) is 10.3. The fraction of sp³-hybridized carbons (Fsp3) is 0.333. The van der Waals surface area contributed by atoms with Crippen molar-refractivity contribution in [2.24, 2.45) is 5.92 Å². The lowest BCUT2D eigenvalue weighted by atomic mass is 9.97. The van der Waals surface area contributed by atoms with Crippen LogP contribution in [0.5, 0.6) is 0 Å². The predicted octanol–water partition coefficient (Wildman–Crippen LogP) is 4.03. The van der Waals surface area contributed by atoms with Gasteiger partial charge in [-0.25, -0.2) is 0 Å². The number of benzene rings is 2. The third-order valence-electron chi connectivity index (χ3n) is 5.55. The molecule has 0 radical (unpaired) electrons. The summed E-state index contributed by atoms with van der Waals surface area (Å²) in [7, 11) is 0. The number of likely N-dealkylation sites (tertiary alicyclic amines) is 1. The molecular weight excluding hydrogens is 360 g/mol. The molecule has 2 aromatic carbocycles. The number of aryl methyl sites for hydroxylation is 1. The Bertz CT molecular complexity index is 933. The smallest absolute Gasteiger partial charge is 0.251 e. The Hall–Kier alpha value is -2.92. The molecule has 1 amide bonds. The molecule has 1 aliphatic heterocycles. The van der Waals surface area contributed by atoms with Crippen LogP contribution in [-0.2, 0) is 6.54 Å². The van der Waals surface area contributed by atoms with Crippen molar-refractivity contribution in [1.29, 1.82) is 0 Å². The lowest BCUT2D eigenvalue weighted by Gasteiger charge is -2.32. The van der Waals surface area contributed by atoms with Crippen LogP contribution in [0, 0.1) is 12.8 Å². The van der Waals surface area contributed by atoms with E-state index in [-0.39, 0.29) is 5.91 Å². The number of amides is 1. The molecule has 2 N–H and O–H groups in total. The van der Waals surface area contributed by atoms with Gasteiger partial charge < -0.3 is 5.32 Å². The second kappa shape index (κ2) is 9.05. The lowest BCUT2D eigenvalue weighted by molar-refractivity contribution is 0.0930. The lowest BCUT2D eigenvalue weighted by Crippen LogP contribution is -2.40. The van der Waals surface area contributed by atoms with Crippen LogP contribution < -0.4 is 5.32 Å². The fourth-order valence-corrected chi connectivity index (χ4v) is 4.03. The third kappa shape index (κ3) is 5.12. The Labute approximate surface area is 172 Å².